The number of nitriles is 1. The van der Waals surface area contributed by atoms with Crippen molar-refractivity contribution < 1.29 is 58.7 Å². The number of Topliss-reactive ketones (excluding diaryl/α,β-unsaturated/α-hetero) is 2. The summed E-state index contributed by atoms with van der Waals surface area (Å²) >= 11 is 6.38. The maximum absolute atomic E-state index is 13.2. The third kappa shape index (κ3) is 13.9. The Morgan fingerprint density at radius 3 is 2.10 bits per heavy atom. The highest BCUT2D eigenvalue weighted by Gasteiger charge is 2.54. The second kappa shape index (κ2) is 19.4. The normalized spacial score (nSPS) is 14.0. The molecule has 3 aromatic heterocycles. The molecule has 0 aliphatic carbocycles. The number of benzene rings is 1. The number of halogens is 10. The van der Waals surface area contributed by atoms with Crippen LogP contribution in [-0.4, -0.2) is 75.3 Å². The fourth-order valence-electron chi connectivity index (χ4n) is 5.48. The van der Waals surface area contributed by atoms with E-state index in [-0.39, 0.29) is 5.91 Å². The minimum absolute atomic E-state index is 0.0103. The highest BCUT2D eigenvalue weighted by Crippen LogP contribution is 2.31. The first kappa shape index (κ1) is 45.3. The number of pyridine rings is 2. The number of carbonyl (C=O) groups excluding carboxylic acids is 4. The Morgan fingerprint density at radius 2 is 1.53 bits per heavy atom. The van der Waals surface area contributed by atoms with Crippen molar-refractivity contribution in [2.24, 2.45) is 5.92 Å². The molecule has 1 saturated heterocycles. The first-order valence-electron chi connectivity index (χ1n) is 16.9. The Kier molecular flexibility index (Phi) is 14.9. The van der Waals surface area contributed by atoms with Gasteiger partial charge in [0.1, 0.15) is 16.9 Å². The molecule has 2 aliphatic rings. The lowest BCUT2D eigenvalue weighted by molar-refractivity contribution is -0.193. The van der Waals surface area contributed by atoms with Gasteiger partial charge in [0.05, 0.1) is 23.6 Å². The molecular weight excluding hydrogens is 829 g/mol. The average Bonchev–Trinajstić information content (AvgIpc) is 3.18. The number of ketones is 2. The van der Waals surface area contributed by atoms with E-state index in [1.165, 1.54) is 0 Å². The van der Waals surface area contributed by atoms with E-state index >= 15 is 0 Å². The van der Waals surface area contributed by atoms with Gasteiger partial charge in [0.2, 0.25) is 18.1 Å². The number of hydrogen-bond acceptors (Lipinski definition) is 12. The molecule has 1 fully saturated rings. The van der Waals surface area contributed by atoms with E-state index in [2.05, 4.69) is 46.9 Å². The lowest BCUT2D eigenvalue weighted by Crippen LogP contribution is -2.39. The van der Waals surface area contributed by atoms with Gasteiger partial charge in [-0.2, -0.15) is 49.8 Å². The summed E-state index contributed by atoms with van der Waals surface area (Å²) in [6.07, 6.45) is -6.78. The van der Waals surface area contributed by atoms with E-state index in [0.717, 1.165) is 66.4 Å². The fourth-order valence-corrected chi connectivity index (χ4v) is 5.62. The largest absolute Gasteiger partial charge is 0.458 e. The van der Waals surface area contributed by atoms with Crippen molar-refractivity contribution in [1.82, 2.24) is 19.9 Å². The van der Waals surface area contributed by atoms with Crippen LogP contribution in [0, 0.1) is 17.2 Å². The molecule has 312 valence electrons. The van der Waals surface area contributed by atoms with E-state index in [1.807, 2.05) is 36.5 Å². The smallest absolute Gasteiger partial charge is 0.357 e. The maximum atomic E-state index is 13.2. The number of amides is 1. The molecule has 5 heterocycles. The van der Waals surface area contributed by atoms with Crippen molar-refractivity contribution in [2.45, 2.75) is 50.6 Å². The van der Waals surface area contributed by atoms with Gasteiger partial charge in [-0.15, -0.1) is 0 Å². The van der Waals surface area contributed by atoms with Gasteiger partial charge in [0.25, 0.3) is 0 Å². The van der Waals surface area contributed by atoms with Crippen molar-refractivity contribution >= 4 is 70.0 Å². The molecule has 1 amide bonds. The number of aryl methyl sites for hydroxylation is 2. The number of carbonyl (C=O) groups is 4. The number of nitrogens with zero attached hydrogens (tertiary/aromatic N) is 6. The molecule has 6 rings (SSSR count). The summed E-state index contributed by atoms with van der Waals surface area (Å²) < 4.78 is 98.2. The molecule has 1 aromatic carbocycles. The Balaban J connectivity index is 0.000000358. The van der Waals surface area contributed by atoms with Crippen molar-refractivity contribution in [3.63, 3.8) is 0 Å². The van der Waals surface area contributed by atoms with Crippen LogP contribution in [0.15, 0.2) is 61.2 Å². The molecule has 0 spiro atoms. The van der Waals surface area contributed by atoms with Crippen LogP contribution in [0.5, 0.6) is 0 Å². The van der Waals surface area contributed by atoms with E-state index < -0.39 is 36.4 Å². The van der Waals surface area contributed by atoms with Gasteiger partial charge in [-0.05, 0) is 79.1 Å². The lowest BCUT2D eigenvalue weighted by Gasteiger charge is -2.32. The van der Waals surface area contributed by atoms with E-state index in [1.54, 1.807) is 24.7 Å². The second-order valence-electron chi connectivity index (χ2n) is 12.6. The van der Waals surface area contributed by atoms with Crippen LogP contribution >= 0.6 is 11.6 Å². The molecule has 4 aromatic rings. The van der Waals surface area contributed by atoms with Crippen LogP contribution in [0.25, 0.3) is 0 Å². The summed E-state index contributed by atoms with van der Waals surface area (Å²) in [5.74, 6) is -4.74. The summed E-state index contributed by atoms with van der Waals surface area (Å²) in [5, 5.41) is 19.1. The minimum Gasteiger partial charge on any atom is -0.357 e. The molecule has 0 saturated carbocycles. The van der Waals surface area contributed by atoms with E-state index in [9.17, 15) is 53.9 Å². The molecule has 2 aliphatic heterocycles. The zero-order valence-corrected chi connectivity index (χ0v) is 30.7. The van der Waals surface area contributed by atoms with Crippen molar-refractivity contribution in [2.75, 3.05) is 33.9 Å². The summed E-state index contributed by atoms with van der Waals surface area (Å²) in [4.78, 5) is 60.9. The van der Waals surface area contributed by atoms with E-state index in [4.69, 9.17) is 21.7 Å². The number of aromatic nitrogens is 4. The summed E-state index contributed by atoms with van der Waals surface area (Å²) in [6.45, 7) is 1.66. The maximum Gasteiger partial charge on any atom is 0.458 e. The fraction of sp³-hybridized carbons (Fsp3) is 0.306. The Labute approximate surface area is 333 Å². The number of aldehydes is 1. The lowest BCUT2D eigenvalue weighted by atomic mass is 9.93. The quantitative estimate of drug-likeness (QED) is 0.102. The minimum atomic E-state index is -5.77. The van der Waals surface area contributed by atoms with Gasteiger partial charge in [0, 0.05) is 43.3 Å². The number of nitrogens with one attached hydrogen (secondary N) is 3. The van der Waals surface area contributed by atoms with Crippen molar-refractivity contribution in [3.05, 3.63) is 82.9 Å². The predicted octanol–water partition coefficient (Wildman–Crippen LogP) is 7.62. The second-order valence-corrected chi connectivity index (χ2v) is 13.0. The number of alkyl halides is 9. The monoisotopic (exact) mass is 857 g/mol. The van der Waals surface area contributed by atoms with Crippen LogP contribution in [0.3, 0.4) is 0 Å². The molecule has 23 heteroatoms. The zero-order valence-electron chi connectivity index (χ0n) is 30.0. The first-order chi connectivity index (χ1) is 27.6. The van der Waals surface area contributed by atoms with Gasteiger partial charge in [-0.25, -0.2) is 9.97 Å². The summed E-state index contributed by atoms with van der Waals surface area (Å²) in [6, 6.07) is 13.7. The van der Waals surface area contributed by atoms with Gasteiger partial charge >= 0.3 is 30.1 Å². The Morgan fingerprint density at radius 1 is 0.864 bits per heavy atom. The molecule has 3 N–H and O–H groups in total. The molecule has 0 atom stereocenters. The number of fused-ring (bicyclic) bond motifs is 6. The van der Waals surface area contributed by atoms with Gasteiger partial charge in [0.15, 0.2) is 5.82 Å². The van der Waals surface area contributed by atoms with Gasteiger partial charge in [-0.3, -0.25) is 24.2 Å². The molecule has 13 nitrogen and oxygen atoms in total. The topological polar surface area (TPSA) is 183 Å². The Bertz CT molecular complexity index is 2160. The van der Waals surface area contributed by atoms with Gasteiger partial charge in [-0.1, -0.05) is 11.6 Å². The molecule has 6 bridgehead atoms. The number of piperidine rings is 1. The molecule has 0 unspecified atom stereocenters. The van der Waals surface area contributed by atoms with Gasteiger partial charge < -0.3 is 20.9 Å². The van der Waals surface area contributed by atoms with Crippen LogP contribution in [0.2, 0.25) is 5.02 Å². The predicted molar refractivity (Wildman–Crippen MR) is 193 cm³/mol. The van der Waals surface area contributed by atoms with Crippen molar-refractivity contribution in [3.8, 4) is 6.07 Å². The highest BCUT2D eigenvalue weighted by molar-refractivity contribution is 6.41. The standard InChI is InChI=1S/C30H28ClN9O.C4F6O2.C2HF3O/c31-25-18-35-30-37-24-11-20(15-33-17-24)1-3-22-13-23(36-29(25)39-30)4-5-26(22)38-28(41)12-19-7-9-40(10-8-19)27-6-2-21(14-32)16-34-27;5-3(6,7)1(11)2(12)4(8,9)10;3-2(4,5)1-6/h2,4-6,11,13,15-19H,1,3,7-10,12H2,(H,38,41)(H2,35,36,37,39);;1H. The number of hydrogen-bond donors (Lipinski definition) is 3. The SMILES string of the molecule is N#Cc1ccc(N2CCC(CC(=O)Nc3ccc4cc3CCc3cncc(c3)Nc3ncc(Cl)c(n3)N4)CC2)nc1.O=C(C(=O)C(F)(F)F)C(F)(F)F.O=CC(F)(F)F. The third-order valence-electron chi connectivity index (χ3n) is 8.26. The highest BCUT2D eigenvalue weighted by atomic mass is 35.5. The number of anilines is 6. The number of rotatable bonds is 5. The Hall–Kier alpha value is -6.37. The third-order valence-corrected chi connectivity index (χ3v) is 8.54. The van der Waals surface area contributed by atoms with E-state index in [0.29, 0.717) is 41.1 Å². The van der Waals surface area contributed by atoms with Crippen molar-refractivity contribution in [1.29, 1.82) is 5.26 Å². The van der Waals surface area contributed by atoms with Crippen LogP contribution in [-0.2, 0) is 32.0 Å². The zero-order chi connectivity index (χ0) is 43.5. The molecule has 59 heavy (non-hydrogen) atoms. The van der Waals surface area contributed by atoms with Crippen LogP contribution in [0.1, 0.15) is 36.0 Å². The van der Waals surface area contributed by atoms with Crippen LogP contribution < -0.4 is 20.9 Å². The summed E-state index contributed by atoms with van der Waals surface area (Å²) in [7, 11) is 0. The molecule has 0 radical (unpaired) electrons. The average molecular weight is 858 g/mol. The summed E-state index contributed by atoms with van der Waals surface area (Å²) in [5.41, 5.74) is 5.02. The van der Waals surface area contributed by atoms with Crippen LogP contribution in [0.4, 0.5) is 74.2 Å². The first-order valence-corrected chi connectivity index (χ1v) is 17.3. The molecular formula is C36H29ClF9N9O4.